The number of aromatic nitrogens is 1. The second-order valence-corrected chi connectivity index (χ2v) is 2.32. The number of nitroso groups, excluding NO2 is 1. The van der Waals surface area contributed by atoms with Gasteiger partial charge in [-0.25, -0.2) is 10.4 Å². The number of amides is 1. The molecule has 6 nitrogen and oxygen atoms in total. The zero-order chi connectivity index (χ0) is 9.68. The van der Waals surface area contributed by atoms with Crippen molar-refractivity contribution >= 4 is 17.4 Å². The molecule has 1 aromatic rings. The van der Waals surface area contributed by atoms with Crippen molar-refractivity contribution in [2.45, 2.75) is 6.92 Å². The van der Waals surface area contributed by atoms with Crippen LogP contribution in [0.25, 0.3) is 0 Å². The predicted molar refractivity (Wildman–Crippen MR) is 48.0 cm³/mol. The van der Waals surface area contributed by atoms with E-state index in [4.69, 9.17) is 0 Å². The van der Waals surface area contributed by atoms with E-state index in [2.05, 4.69) is 21.0 Å². The topological polar surface area (TPSA) is 83.5 Å². The molecular weight excluding hydrogens is 195 g/mol. The molecule has 0 spiro atoms. The minimum Gasteiger partial charge on any atom is -0.311 e. The van der Waals surface area contributed by atoms with Crippen LogP contribution in [-0.4, -0.2) is 10.9 Å². The number of carbonyl (C=O) groups is 1. The van der Waals surface area contributed by atoms with Crippen LogP contribution in [0.4, 0.5) is 11.5 Å². The van der Waals surface area contributed by atoms with Crippen LogP contribution in [0.15, 0.2) is 23.6 Å². The molecule has 0 aliphatic rings. The van der Waals surface area contributed by atoms with Crippen molar-refractivity contribution in [1.82, 2.24) is 4.98 Å². The first-order valence-corrected chi connectivity index (χ1v) is 3.54. The molecule has 0 aromatic carbocycles. The summed E-state index contributed by atoms with van der Waals surface area (Å²) in [5, 5.41) is 4.96. The monoisotopic (exact) mass is 203 g/mol. The summed E-state index contributed by atoms with van der Waals surface area (Å²) in [4.78, 5) is 24.2. The Kier molecular flexibility index (Phi) is 6.02. The standard InChI is InChI=1S/C7H8N4O2.Na/c1-5(12)9-7-3-2-6(4-8-7)10-11-13;/h2-4H,1H3,(H,10,13)(H,8,9,12);/q;+1. The Morgan fingerprint density at radius 3 is 2.64 bits per heavy atom. The van der Waals surface area contributed by atoms with E-state index in [1.54, 1.807) is 12.1 Å². The van der Waals surface area contributed by atoms with Crippen molar-refractivity contribution in [2.24, 2.45) is 5.29 Å². The third-order valence-electron chi connectivity index (χ3n) is 1.24. The van der Waals surface area contributed by atoms with Gasteiger partial charge >= 0.3 is 29.6 Å². The molecule has 0 atom stereocenters. The number of pyridine rings is 1. The van der Waals surface area contributed by atoms with Gasteiger partial charge in [-0.05, 0) is 12.1 Å². The van der Waals surface area contributed by atoms with Gasteiger partial charge in [-0.15, -0.1) is 4.91 Å². The smallest absolute Gasteiger partial charge is 0.311 e. The summed E-state index contributed by atoms with van der Waals surface area (Å²) >= 11 is 0. The van der Waals surface area contributed by atoms with E-state index in [0.29, 0.717) is 11.5 Å². The van der Waals surface area contributed by atoms with Gasteiger partial charge in [-0.3, -0.25) is 4.79 Å². The molecule has 1 amide bonds. The summed E-state index contributed by atoms with van der Waals surface area (Å²) in [7, 11) is 0. The van der Waals surface area contributed by atoms with Crippen molar-refractivity contribution < 1.29 is 34.4 Å². The van der Waals surface area contributed by atoms with Crippen molar-refractivity contribution in [3.05, 3.63) is 23.2 Å². The van der Waals surface area contributed by atoms with Crippen LogP contribution in [0, 0.1) is 4.91 Å². The molecule has 0 saturated carbocycles. The number of hydrogen-bond acceptors (Lipinski definition) is 4. The van der Waals surface area contributed by atoms with Crippen LogP contribution < -0.4 is 40.3 Å². The molecule has 1 heterocycles. The zero-order valence-electron chi connectivity index (χ0n) is 7.94. The molecule has 0 fully saturated rings. The van der Waals surface area contributed by atoms with Gasteiger partial charge in [-0.2, -0.15) is 0 Å². The molecule has 68 valence electrons. The molecule has 0 aliphatic heterocycles. The number of rotatable bonds is 3. The predicted octanol–water partition coefficient (Wildman–Crippen LogP) is -1.86. The summed E-state index contributed by atoms with van der Waals surface area (Å²) in [6, 6.07) is 3.15. The maximum Gasteiger partial charge on any atom is 1.00 e. The van der Waals surface area contributed by atoms with Crippen molar-refractivity contribution in [3.8, 4) is 0 Å². The van der Waals surface area contributed by atoms with Gasteiger partial charge in [0.2, 0.25) is 5.91 Å². The molecule has 14 heavy (non-hydrogen) atoms. The third-order valence-corrected chi connectivity index (χ3v) is 1.24. The van der Waals surface area contributed by atoms with Gasteiger partial charge < -0.3 is 5.32 Å². The Balaban J connectivity index is 0.00000169. The summed E-state index contributed by atoms with van der Waals surface area (Å²) < 4.78 is 0. The molecule has 0 saturated heterocycles. The summed E-state index contributed by atoms with van der Waals surface area (Å²) in [6.07, 6.45) is 1.40. The Bertz CT molecular complexity index is 314. The Morgan fingerprint density at radius 1 is 1.50 bits per heavy atom. The Morgan fingerprint density at radius 2 is 2.21 bits per heavy atom. The first kappa shape index (κ1) is 13.0. The SMILES string of the molecule is CC(=O)Nc1ccc(NN=O)cn1.[Na+]. The summed E-state index contributed by atoms with van der Waals surface area (Å²) in [6.45, 7) is 1.39. The van der Waals surface area contributed by atoms with Gasteiger partial charge in [0.15, 0.2) is 0 Å². The minimum atomic E-state index is -0.193. The molecule has 0 unspecified atom stereocenters. The average molecular weight is 203 g/mol. The van der Waals surface area contributed by atoms with Crippen molar-refractivity contribution in [2.75, 3.05) is 10.7 Å². The van der Waals surface area contributed by atoms with E-state index in [-0.39, 0.29) is 35.5 Å². The van der Waals surface area contributed by atoms with E-state index >= 15 is 0 Å². The maximum absolute atomic E-state index is 10.6. The largest absolute Gasteiger partial charge is 1.00 e. The van der Waals surface area contributed by atoms with Gasteiger partial charge in [0, 0.05) is 6.92 Å². The second kappa shape index (κ2) is 6.47. The molecule has 7 heteroatoms. The number of hydrogen-bond donors (Lipinski definition) is 2. The van der Waals surface area contributed by atoms with E-state index < -0.39 is 0 Å². The van der Waals surface area contributed by atoms with E-state index in [9.17, 15) is 9.70 Å². The zero-order valence-corrected chi connectivity index (χ0v) is 9.94. The third kappa shape index (κ3) is 4.31. The van der Waals surface area contributed by atoms with Gasteiger partial charge in [-0.1, -0.05) is 0 Å². The Labute approximate surface area is 103 Å². The minimum absolute atomic E-state index is 0. The van der Waals surface area contributed by atoms with E-state index in [1.807, 2.05) is 0 Å². The average Bonchev–Trinajstić information content (AvgIpc) is 2.08. The molecule has 2 N–H and O–H groups in total. The van der Waals surface area contributed by atoms with E-state index in [1.165, 1.54) is 13.1 Å². The molecule has 1 rings (SSSR count). The Hall–Kier alpha value is -0.980. The number of nitrogens with zero attached hydrogens (tertiary/aromatic N) is 2. The van der Waals surface area contributed by atoms with Crippen LogP contribution in [0.5, 0.6) is 0 Å². The van der Waals surface area contributed by atoms with Crippen LogP contribution in [0.2, 0.25) is 0 Å². The van der Waals surface area contributed by atoms with Crippen molar-refractivity contribution in [3.63, 3.8) is 0 Å². The molecular formula is C7H8N4NaO2+. The van der Waals surface area contributed by atoms with Gasteiger partial charge in [0.05, 0.1) is 17.2 Å². The number of carbonyl (C=O) groups excluding carboxylic acids is 1. The molecule has 0 radical (unpaired) electrons. The van der Waals surface area contributed by atoms with Gasteiger partial charge in [0.25, 0.3) is 0 Å². The van der Waals surface area contributed by atoms with Crippen LogP contribution in [-0.2, 0) is 4.79 Å². The molecule has 1 aromatic heterocycles. The number of nitrogens with one attached hydrogen (secondary N) is 2. The summed E-state index contributed by atoms with van der Waals surface area (Å²) in [5.74, 6) is 0.241. The summed E-state index contributed by atoms with van der Waals surface area (Å²) in [5.41, 5.74) is 2.66. The fourth-order valence-electron chi connectivity index (χ4n) is 0.767. The molecule has 0 aliphatic carbocycles. The van der Waals surface area contributed by atoms with Crippen LogP contribution in [0.3, 0.4) is 0 Å². The normalized spacial score (nSPS) is 8.36. The first-order valence-electron chi connectivity index (χ1n) is 3.54. The van der Waals surface area contributed by atoms with Crippen molar-refractivity contribution in [1.29, 1.82) is 0 Å². The maximum atomic E-state index is 10.6. The van der Waals surface area contributed by atoms with Crippen LogP contribution in [0.1, 0.15) is 6.92 Å². The van der Waals surface area contributed by atoms with Gasteiger partial charge in [0.1, 0.15) is 5.82 Å². The molecule has 0 bridgehead atoms. The fraction of sp³-hybridized carbons (Fsp3) is 0.143. The van der Waals surface area contributed by atoms with E-state index in [0.717, 1.165) is 0 Å². The fourth-order valence-corrected chi connectivity index (χ4v) is 0.767. The second-order valence-electron chi connectivity index (χ2n) is 2.32. The number of anilines is 2. The van der Waals surface area contributed by atoms with Crippen LogP contribution >= 0.6 is 0 Å². The first-order chi connectivity index (χ1) is 6.22. The quantitative estimate of drug-likeness (QED) is 0.343.